The number of nitrogens with one attached hydrogen (secondary N) is 1. The van der Waals surface area contributed by atoms with E-state index in [2.05, 4.69) is 5.32 Å². The number of aliphatic carboxylic acids is 1. The molecule has 5 heteroatoms. The third-order valence-electron chi connectivity index (χ3n) is 2.87. The fourth-order valence-corrected chi connectivity index (χ4v) is 1.84. The predicted molar refractivity (Wildman–Crippen MR) is 82.2 cm³/mol. The molecule has 0 unspecified atom stereocenters. The zero-order valence-electron chi connectivity index (χ0n) is 11.5. The summed E-state index contributed by atoms with van der Waals surface area (Å²) in [6, 6.07) is 15.2. The number of carboxylic acid groups (broad SMARTS) is 1. The highest BCUT2D eigenvalue weighted by Gasteiger charge is 2.08. The molecule has 0 radical (unpaired) electrons. The number of carbonyl (C=O) groups is 2. The fourth-order valence-electron chi connectivity index (χ4n) is 1.84. The van der Waals surface area contributed by atoms with Crippen molar-refractivity contribution in [3.8, 4) is 6.07 Å². The molecule has 22 heavy (non-hydrogen) atoms. The highest BCUT2D eigenvalue weighted by molar-refractivity contribution is 6.05. The van der Waals surface area contributed by atoms with Crippen LogP contribution in [0.2, 0.25) is 0 Å². The van der Waals surface area contributed by atoms with Crippen molar-refractivity contribution in [2.45, 2.75) is 0 Å². The summed E-state index contributed by atoms with van der Waals surface area (Å²) in [7, 11) is 0. The highest BCUT2D eigenvalue weighted by atomic mass is 16.4. The zero-order valence-corrected chi connectivity index (χ0v) is 11.5. The van der Waals surface area contributed by atoms with Crippen LogP contribution in [0.5, 0.6) is 0 Å². The Bertz CT molecular complexity index is 788. The van der Waals surface area contributed by atoms with Gasteiger partial charge in [0.2, 0.25) is 0 Å². The number of carboxylic acids is 1. The van der Waals surface area contributed by atoms with E-state index in [1.165, 1.54) is 12.1 Å². The molecule has 0 aliphatic carbocycles. The number of nitrogens with zero attached hydrogens (tertiary/aromatic N) is 1. The summed E-state index contributed by atoms with van der Waals surface area (Å²) < 4.78 is 0. The predicted octanol–water partition coefficient (Wildman–Crippen LogP) is 2.91. The SMILES string of the molecule is N#Cc1cccc(C(=O)Nc2ccccc2/C=C/C(=O)O)c1. The van der Waals surface area contributed by atoms with Gasteiger partial charge in [-0.05, 0) is 35.9 Å². The Morgan fingerprint density at radius 3 is 2.64 bits per heavy atom. The van der Waals surface area contributed by atoms with Crippen molar-refractivity contribution in [2.24, 2.45) is 0 Å². The quantitative estimate of drug-likeness (QED) is 0.848. The number of benzene rings is 2. The molecule has 2 aromatic carbocycles. The molecule has 0 aliphatic heterocycles. The molecule has 0 aliphatic rings. The Kier molecular flexibility index (Phi) is 4.68. The third-order valence-corrected chi connectivity index (χ3v) is 2.87. The van der Waals surface area contributed by atoms with Gasteiger partial charge in [-0.2, -0.15) is 5.26 Å². The van der Waals surface area contributed by atoms with Gasteiger partial charge in [0.05, 0.1) is 11.6 Å². The minimum atomic E-state index is -1.07. The molecule has 2 rings (SSSR count). The minimum Gasteiger partial charge on any atom is -0.478 e. The lowest BCUT2D eigenvalue weighted by molar-refractivity contribution is -0.131. The van der Waals surface area contributed by atoms with Crippen LogP contribution >= 0.6 is 0 Å². The number of rotatable bonds is 4. The van der Waals surface area contributed by atoms with Gasteiger partial charge in [-0.3, -0.25) is 4.79 Å². The van der Waals surface area contributed by atoms with Crippen LogP contribution in [-0.2, 0) is 4.79 Å². The van der Waals surface area contributed by atoms with Crippen LogP contribution in [0.3, 0.4) is 0 Å². The van der Waals surface area contributed by atoms with Gasteiger partial charge >= 0.3 is 5.97 Å². The molecule has 0 saturated carbocycles. The van der Waals surface area contributed by atoms with Crippen molar-refractivity contribution < 1.29 is 14.7 Å². The number of para-hydroxylation sites is 1. The van der Waals surface area contributed by atoms with Gasteiger partial charge in [0.25, 0.3) is 5.91 Å². The number of anilines is 1. The summed E-state index contributed by atoms with van der Waals surface area (Å²) in [6.07, 6.45) is 2.41. The smallest absolute Gasteiger partial charge is 0.328 e. The molecule has 1 amide bonds. The first-order valence-corrected chi connectivity index (χ1v) is 6.41. The molecule has 0 saturated heterocycles. The van der Waals surface area contributed by atoms with E-state index in [9.17, 15) is 9.59 Å². The summed E-state index contributed by atoms with van der Waals surface area (Å²) in [5.41, 5.74) is 1.82. The maximum Gasteiger partial charge on any atom is 0.328 e. The van der Waals surface area contributed by atoms with Crippen molar-refractivity contribution in [3.63, 3.8) is 0 Å². The second-order valence-electron chi connectivity index (χ2n) is 4.41. The molecule has 0 atom stereocenters. The van der Waals surface area contributed by atoms with Crippen LogP contribution < -0.4 is 5.32 Å². The average Bonchev–Trinajstić information content (AvgIpc) is 2.54. The summed E-state index contributed by atoms with van der Waals surface area (Å²) in [5.74, 6) is -1.43. The topological polar surface area (TPSA) is 90.2 Å². The summed E-state index contributed by atoms with van der Waals surface area (Å²) in [4.78, 5) is 22.8. The van der Waals surface area contributed by atoms with Gasteiger partial charge in [0.1, 0.15) is 0 Å². The van der Waals surface area contributed by atoms with Gasteiger partial charge in [-0.15, -0.1) is 0 Å². The van der Waals surface area contributed by atoms with E-state index in [-0.39, 0.29) is 5.91 Å². The number of hydrogen-bond acceptors (Lipinski definition) is 3. The molecule has 108 valence electrons. The van der Waals surface area contributed by atoms with Crippen molar-refractivity contribution in [1.82, 2.24) is 0 Å². The fraction of sp³-hybridized carbons (Fsp3) is 0. The van der Waals surface area contributed by atoms with Gasteiger partial charge in [0.15, 0.2) is 0 Å². The Morgan fingerprint density at radius 1 is 1.14 bits per heavy atom. The first kappa shape index (κ1) is 15.0. The first-order chi connectivity index (χ1) is 10.6. The van der Waals surface area contributed by atoms with Crippen molar-refractivity contribution >= 4 is 23.6 Å². The van der Waals surface area contributed by atoms with Crippen LogP contribution in [0.25, 0.3) is 6.08 Å². The summed E-state index contributed by atoms with van der Waals surface area (Å²) >= 11 is 0. The van der Waals surface area contributed by atoms with Gasteiger partial charge in [-0.1, -0.05) is 24.3 Å². The number of amides is 1. The highest BCUT2D eigenvalue weighted by Crippen LogP contribution is 2.18. The Morgan fingerprint density at radius 2 is 1.91 bits per heavy atom. The lowest BCUT2D eigenvalue weighted by Gasteiger charge is -2.08. The van der Waals surface area contributed by atoms with E-state index in [1.54, 1.807) is 42.5 Å². The van der Waals surface area contributed by atoms with Crippen LogP contribution in [0.4, 0.5) is 5.69 Å². The van der Waals surface area contributed by atoms with Crippen LogP contribution in [0.1, 0.15) is 21.5 Å². The monoisotopic (exact) mass is 292 g/mol. The molecule has 2 aromatic rings. The average molecular weight is 292 g/mol. The van der Waals surface area contributed by atoms with E-state index in [1.807, 2.05) is 6.07 Å². The lowest BCUT2D eigenvalue weighted by Crippen LogP contribution is -2.12. The molecule has 0 fully saturated rings. The van der Waals surface area contributed by atoms with E-state index < -0.39 is 5.97 Å². The Hall–Kier alpha value is -3.39. The third kappa shape index (κ3) is 3.81. The summed E-state index contributed by atoms with van der Waals surface area (Å²) in [6.45, 7) is 0. The second-order valence-corrected chi connectivity index (χ2v) is 4.41. The van der Waals surface area contributed by atoms with Crippen LogP contribution in [0.15, 0.2) is 54.6 Å². The van der Waals surface area contributed by atoms with Crippen molar-refractivity contribution in [3.05, 3.63) is 71.3 Å². The van der Waals surface area contributed by atoms with E-state index >= 15 is 0 Å². The van der Waals surface area contributed by atoms with E-state index in [4.69, 9.17) is 10.4 Å². The minimum absolute atomic E-state index is 0.357. The maximum atomic E-state index is 12.2. The molecule has 5 nitrogen and oxygen atoms in total. The lowest BCUT2D eigenvalue weighted by atomic mass is 10.1. The molecule has 0 heterocycles. The molecule has 0 spiro atoms. The van der Waals surface area contributed by atoms with Crippen molar-refractivity contribution in [2.75, 3.05) is 5.32 Å². The molecule has 2 N–H and O–H groups in total. The normalized spacial score (nSPS) is 10.1. The molecular weight excluding hydrogens is 280 g/mol. The molecular formula is C17H12N2O3. The van der Waals surface area contributed by atoms with Crippen LogP contribution in [-0.4, -0.2) is 17.0 Å². The Labute approximate surface area is 127 Å². The van der Waals surface area contributed by atoms with Crippen molar-refractivity contribution in [1.29, 1.82) is 5.26 Å². The number of hydrogen-bond donors (Lipinski definition) is 2. The summed E-state index contributed by atoms with van der Waals surface area (Å²) in [5, 5.41) is 20.2. The second kappa shape index (κ2) is 6.86. The molecule has 0 bridgehead atoms. The van der Waals surface area contributed by atoms with E-state index in [0.29, 0.717) is 22.4 Å². The van der Waals surface area contributed by atoms with Crippen LogP contribution in [0, 0.1) is 11.3 Å². The first-order valence-electron chi connectivity index (χ1n) is 6.41. The standard InChI is InChI=1S/C17H12N2O3/c18-11-12-4-3-6-14(10-12)17(22)19-15-7-2-1-5-13(15)8-9-16(20)21/h1-10H,(H,19,22)(H,20,21)/b9-8+. The maximum absolute atomic E-state index is 12.2. The van der Waals surface area contributed by atoms with Gasteiger partial charge in [-0.25, -0.2) is 4.79 Å². The largest absolute Gasteiger partial charge is 0.478 e. The van der Waals surface area contributed by atoms with E-state index in [0.717, 1.165) is 6.08 Å². The molecule has 0 aromatic heterocycles. The Balaban J connectivity index is 2.25. The number of nitriles is 1. The van der Waals surface area contributed by atoms with Gasteiger partial charge in [0, 0.05) is 17.3 Å². The van der Waals surface area contributed by atoms with Gasteiger partial charge < -0.3 is 10.4 Å². The number of carbonyl (C=O) groups excluding carboxylic acids is 1. The zero-order chi connectivity index (χ0) is 15.9.